The number of amides is 1. The number of aryl methyl sites for hydroxylation is 1. The molecule has 0 saturated heterocycles. The van der Waals surface area contributed by atoms with Crippen LogP contribution < -0.4 is 0 Å². The van der Waals surface area contributed by atoms with Crippen LogP contribution in [0.1, 0.15) is 29.3 Å². The van der Waals surface area contributed by atoms with E-state index >= 15 is 0 Å². The second-order valence-corrected chi connectivity index (χ2v) is 3.65. The monoisotopic (exact) mass is 240 g/mol. The fourth-order valence-electron chi connectivity index (χ4n) is 1.27. The zero-order valence-corrected chi connectivity index (χ0v) is 10.2. The number of carbonyl (C=O) groups excluding carboxylic acids is 2. The number of ether oxygens (including phenoxy) is 1. The third kappa shape index (κ3) is 3.86. The smallest absolute Gasteiger partial charge is 0.305 e. The van der Waals surface area contributed by atoms with Gasteiger partial charge in [0.05, 0.1) is 7.11 Å². The van der Waals surface area contributed by atoms with Crippen LogP contribution >= 0.6 is 0 Å². The quantitative estimate of drug-likeness (QED) is 0.739. The molecule has 1 amide bonds. The van der Waals surface area contributed by atoms with Crippen LogP contribution in [0.4, 0.5) is 0 Å². The van der Waals surface area contributed by atoms with Crippen molar-refractivity contribution in [1.82, 2.24) is 20.1 Å². The van der Waals surface area contributed by atoms with Gasteiger partial charge in [-0.25, -0.2) is 4.98 Å². The van der Waals surface area contributed by atoms with Crippen LogP contribution in [0.3, 0.4) is 0 Å². The van der Waals surface area contributed by atoms with Crippen LogP contribution in [-0.2, 0) is 9.53 Å². The molecule has 1 aromatic heterocycles. The molecule has 0 saturated carbocycles. The molecule has 7 nitrogen and oxygen atoms in total. The van der Waals surface area contributed by atoms with E-state index in [9.17, 15) is 9.59 Å². The van der Waals surface area contributed by atoms with E-state index in [0.29, 0.717) is 25.2 Å². The Balaban J connectivity index is 2.40. The van der Waals surface area contributed by atoms with Gasteiger partial charge in [-0.3, -0.25) is 14.7 Å². The molecule has 0 atom stereocenters. The fraction of sp³-hybridized carbons (Fsp3) is 0.600. The molecule has 1 heterocycles. The second kappa shape index (κ2) is 5.97. The number of aromatic amines is 1. The highest BCUT2D eigenvalue weighted by Gasteiger charge is 2.16. The molecule has 7 heteroatoms. The predicted molar refractivity (Wildman–Crippen MR) is 59.3 cm³/mol. The number of carbonyl (C=O) groups is 2. The van der Waals surface area contributed by atoms with Gasteiger partial charge < -0.3 is 9.64 Å². The maximum atomic E-state index is 11.8. The van der Waals surface area contributed by atoms with Crippen LogP contribution in [0.25, 0.3) is 0 Å². The average Bonchev–Trinajstić information content (AvgIpc) is 2.74. The summed E-state index contributed by atoms with van der Waals surface area (Å²) in [6.45, 7) is 2.18. The van der Waals surface area contributed by atoms with Crippen molar-refractivity contribution in [3.8, 4) is 0 Å². The summed E-state index contributed by atoms with van der Waals surface area (Å²) in [6.07, 6.45) is 0.847. The summed E-state index contributed by atoms with van der Waals surface area (Å²) >= 11 is 0. The molecular formula is C10H16N4O3. The number of H-pyrrole nitrogens is 1. The van der Waals surface area contributed by atoms with Crippen molar-refractivity contribution >= 4 is 11.9 Å². The largest absolute Gasteiger partial charge is 0.469 e. The number of esters is 1. The van der Waals surface area contributed by atoms with E-state index in [2.05, 4.69) is 19.9 Å². The van der Waals surface area contributed by atoms with Crippen LogP contribution in [-0.4, -0.2) is 52.7 Å². The molecule has 0 spiro atoms. The summed E-state index contributed by atoms with van der Waals surface area (Å²) in [5.74, 6) is 0.193. The number of hydrogen-bond donors (Lipinski definition) is 1. The van der Waals surface area contributed by atoms with Crippen molar-refractivity contribution in [3.63, 3.8) is 0 Å². The molecule has 0 bridgehead atoms. The Morgan fingerprint density at radius 3 is 2.71 bits per heavy atom. The summed E-state index contributed by atoms with van der Waals surface area (Å²) in [4.78, 5) is 28.1. The molecule has 0 unspecified atom stereocenters. The van der Waals surface area contributed by atoms with Crippen LogP contribution in [0.2, 0.25) is 0 Å². The van der Waals surface area contributed by atoms with Crippen molar-refractivity contribution in [2.45, 2.75) is 19.8 Å². The SMILES string of the molecule is COC(=O)CCCN(C)C(=O)c1n[nH]c(C)n1. The Hall–Kier alpha value is -1.92. The third-order valence-corrected chi connectivity index (χ3v) is 2.24. The first kappa shape index (κ1) is 13.1. The molecule has 0 radical (unpaired) electrons. The molecule has 0 fully saturated rings. The van der Waals surface area contributed by atoms with Crippen LogP contribution in [0.5, 0.6) is 0 Å². The van der Waals surface area contributed by atoms with Crippen LogP contribution in [0.15, 0.2) is 0 Å². The minimum atomic E-state index is -0.278. The predicted octanol–water partition coefficient (Wildman–Crippen LogP) is 0.138. The first-order chi connectivity index (χ1) is 8.04. The van der Waals surface area contributed by atoms with Gasteiger partial charge in [0.1, 0.15) is 5.82 Å². The number of rotatable bonds is 5. The molecular weight excluding hydrogens is 224 g/mol. The van der Waals surface area contributed by atoms with Crippen molar-refractivity contribution in [3.05, 3.63) is 11.6 Å². The standard InChI is InChI=1S/C10H16N4O3/c1-7-11-9(13-12-7)10(16)14(2)6-4-5-8(15)17-3/h4-6H2,1-3H3,(H,11,12,13). The number of nitrogens with one attached hydrogen (secondary N) is 1. The summed E-state index contributed by atoms with van der Waals surface area (Å²) < 4.78 is 4.51. The number of aromatic nitrogens is 3. The molecule has 1 aromatic rings. The lowest BCUT2D eigenvalue weighted by Gasteiger charge is -2.14. The first-order valence-corrected chi connectivity index (χ1v) is 5.26. The zero-order valence-electron chi connectivity index (χ0n) is 10.2. The van der Waals surface area contributed by atoms with Crippen molar-refractivity contribution < 1.29 is 14.3 Å². The van der Waals surface area contributed by atoms with Gasteiger partial charge in [0.2, 0.25) is 5.82 Å². The average molecular weight is 240 g/mol. The Morgan fingerprint density at radius 2 is 2.18 bits per heavy atom. The summed E-state index contributed by atoms with van der Waals surface area (Å²) in [7, 11) is 2.99. The van der Waals surface area contributed by atoms with E-state index in [0.717, 1.165) is 0 Å². The molecule has 0 aliphatic rings. The Morgan fingerprint density at radius 1 is 1.47 bits per heavy atom. The minimum Gasteiger partial charge on any atom is -0.469 e. The molecule has 0 aromatic carbocycles. The van der Waals surface area contributed by atoms with Gasteiger partial charge in [-0.05, 0) is 13.3 Å². The van der Waals surface area contributed by atoms with E-state index in [1.165, 1.54) is 12.0 Å². The van der Waals surface area contributed by atoms with Crippen molar-refractivity contribution in [2.24, 2.45) is 0 Å². The van der Waals surface area contributed by atoms with E-state index in [1.54, 1.807) is 14.0 Å². The van der Waals surface area contributed by atoms with Gasteiger partial charge in [0.25, 0.3) is 5.91 Å². The number of hydrogen-bond acceptors (Lipinski definition) is 5. The zero-order chi connectivity index (χ0) is 12.8. The highest BCUT2D eigenvalue weighted by Crippen LogP contribution is 2.00. The van der Waals surface area contributed by atoms with E-state index in [1.807, 2.05) is 0 Å². The molecule has 1 rings (SSSR count). The maximum Gasteiger partial charge on any atom is 0.305 e. The molecule has 0 aliphatic heterocycles. The number of nitrogens with zero attached hydrogens (tertiary/aromatic N) is 3. The van der Waals surface area contributed by atoms with Crippen molar-refractivity contribution in [1.29, 1.82) is 0 Å². The molecule has 1 N–H and O–H groups in total. The highest BCUT2D eigenvalue weighted by atomic mass is 16.5. The normalized spacial score (nSPS) is 10.1. The topological polar surface area (TPSA) is 88.2 Å². The summed E-state index contributed by atoms with van der Waals surface area (Å²) in [5, 5.41) is 6.38. The Bertz CT molecular complexity index is 402. The Labute approximate surface area is 99.2 Å². The lowest BCUT2D eigenvalue weighted by Crippen LogP contribution is -2.29. The van der Waals surface area contributed by atoms with E-state index in [4.69, 9.17) is 0 Å². The highest BCUT2D eigenvalue weighted by molar-refractivity contribution is 5.90. The van der Waals surface area contributed by atoms with Gasteiger partial charge >= 0.3 is 5.97 Å². The minimum absolute atomic E-state index is 0.142. The van der Waals surface area contributed by atoms with Gasteiger partial charge in [-0.2, -0.15) is 0 Å². The molecule has 17 heavy (non-hydrogen) atoms. The molecule has 0 aliphatic carbocycles. The van der Waals surface area contributed by atoms with Crippen LogP contribution in [0, 0.1) is 6.92 Å². The van der Waals surface area contributed by atoms with Gasteiger partial charge in [-0.15, -0.1) is 5.10 Å². The first-order valence-electron chi connectivity index (χ1n) is 5.26. The van der Waals surface area contributed by atoms with E-state index < -0.39 is 0 Å². The van der Waals surface area contributed by atoms with E-state index in [-0.39, 0.29) is 17.7 Å². The Kier molecular flexibility index (Phi) is 4.62. The number of methoxy groups -OCH3 is 1. The van der Waals surface area contributed by atoms with Gasteiger partial charge in [0.15, 0.2) is 0 Å². The maximum absolute atomic E-state index is 11.8. The van der Waals surface area contributed by atoms with Gasteiger partial charge in [0, 0.05) is 20.0 Å². The van der Waals surface area contributed by atoms with Crippen molar-refractivity contribution in [2.75, 3.05) is 20.7 Å². The summed E-state index contributed by atoms with van der Waals surface area (Å²) in [6, 6.07) is 0. The fourth-order valence-corrected chi connectivity index (χ4v) is 1.27. The molecule has 94 valence electrons. The second-order valence-electron chi connectivity index (χ2n) is 3.65. The summed E-state index contributed by atoms with van der Waals surface area (Å²) in [5.41, 5.74) is 0. The lowest BCUT2D eigenvalue weighted by molar-refractivity contribution is -0.140. The lowest BCUT2D eigenvalue weighted by atomic mass is 10.3. The third-order valence-electron chi connectivity index (χ3n) is 2.24. The van der Waals surface area contributed by atoms with Gasteiger partial charge in [-0.1, -0.05) is 0 Å².